The van der Waals surface area contributed by atoms with Gasteiger partial charge in [-0.2, -0.15) is 0 Å². The van der Waals surface area contributed by atoms with E-state index in [2.05, 4.69) is 17.2 Å². The lowest BCUT2D eigenvalue weighted by Gasteiger charge is -2.15. The summed E-state index contributed by atoms with van der Waals surface area (Å²) >= 11 is 0. The highest BCUT2D eigenvalue weighted by atomic mass is 16.3. The van der Waals surface area contributed by atoms with Gasteiger partial charge in [0.25, 0.3) is 5.91 Å². The van der Waals surface area contributed by atoms with Crippen LogP contribution in [0, 0.1) is 6.92 Å². The van der Waals surface area contributed by atoms with Gasteiger partial charge in [0.1, 0.15) is 5.75 Å². The van der Waals surface area contributed by atoms with Crippen molar-refractivity contribution in [3.63, 3.8) is 0 Å². The Balaban J connectivity index is 1.76. The van der Waals surface area contributed by atoms with Crippen molar-refractivity contribution in [2.75, 3.05) is 29.6 Å². The number of nitrogens with one attached hydrogen (secondary N) is 2. The smallest absolute Gasteiger partial charge is 0.255 e. The number of rotatable bonds is 6. The molecule has 0 unspecified atom stereocenters. The van der Waals surface area contributed by atoms with Crippen molar-refractivity contribution in [3.05, 3.63) is 90.0 Å². The Kier molecular flexibility index (Phi) is 5.88. The number of carbonyl (C=O) groups is 1. The minimum absolute atomic E-state index is 0.166. The fourth-order valence-corrected chi connectivity index (χ4v) is 2.86. The molecule has 0 aromatic heterocycles. The number of phenols is 1. The third-order valence-electron chi connectivity index (χ3n) is 4.62. The minimum atomic E-state index is -0.166. The van der Waals surface area contributed by atoms with Gasteiger partial charge in [-0.1, -0.05) is 18.7 Å². The van der Waals surface area contributed by atoms with Crippen LogP contribution < -0.4 is 15.5 Å². The van der Waals surface area contributed by atoms with Crippen molar-refractivity contribution in [2.45, 2.75) is 6.92 Å². The van der Waals surface area contributed by atoms with E-state index in [0.717, 1.165) is 22.5 Å². The lowest BCUT2D eigenvalue weighted by Crippen LogP contribution is -2.14. The zero-order valence-corrected chi connectivity index (χ0v) is 16.9. The topological polar surface area (TPSA) is 64.6 Å². The number of carbonyl (C=O) groups excluding carboxylic acids is 1. The van der Waals surface area contributed by atoms with Crippen LogP contribution in [0.25, 0.3) is 5.70 Å². The van der Waals surface area contributed by atoms with Crippen LogP contribution in [0.5, 0.6) is 5.75 Å². The van der Waals surface area contributed by atoms with Gasteiger partial charge in [0.05, 0.1) is 0 Å². The summed E-state index contributed by atoms with van der Waals surface area (Å²) in [5, 5.41) is 15.7. The van der Waals surface area contributed by atoms with Crippen LogP contribution in [0.1, 0.15) is 21.5 Å². The largest absolute Gasteiger partial charge is 0.508 e. The number of amides is 1. The number of hydrogen-bond donors (Lipinski definition) is 3. The van der Waals surface area contributed by atoms with E-state index >= 15 is 0 Å². The SMILES string of the molecule is C=C(Nc1cc(NC(=O)c2cccc(N(C)C)c2)ccc1C)c1ccc(O)cc1. The van der Waals surface area contributed by atoms with Crippen molar-refractivity contribution < 1.29 is 9.90 Å². The van der Waals surface area contributed by atoms with E-state index in [0.29, 0.717) is 16.9 Å². The molecule has 0 aliphatic heterocycles. The predicted octanol–water partition coefficient (Wildman–Crippen LogP) is 5.10. The Hall–Kier alpha value is -3.73. The first kappa shape index (κ1) is 20.0. The van der Waals surface area contributed by atoms with Gasteiger partial charge in [-0.3, -0.25) is 4.79 Å². The Bertz CT molecular complexity index is 1040. The first-order chi connectivity index (χ1) is 13.8. The molecule has 3 N–H and O–H groups in total. The molecule has 3 aromatic carbocycles. The summed E-state index contributed by atoms with van der Waals surface area (Å²) in [5.41, 5.74) is 5.71. The van der Waals surface area contributed by atoms with Crippen molar-refractivity contribution in [2.24, 2.45) is 0 Å². The highest BCUT2D eigenvalue weighted by Gasteiger charge is 2.10. The van der Waals surface area contributed by atoms with Crippen molar-refractivity contribution >= 4 is 28.7 Å². The van der Waals surface area contributed by atoms with E-state index < -0.39 is 0 Å². The third kappa shape index (κ3) is 4.96. The standard InChI is InChI=1S/C24H25N3O2/c1-16-8-11-20(26-24(29)19-6-5-7-21(14-19)27(3)4)15-23(16)25-17(2)18-9-12-22(28)13-10-18/h5-15,25,28H,2H2,1,3-4H3,(H,26,29). The molecule has 0 aliphatic carbocycles. The van der Waals surface area contributed by atoms with Gasteiger partial charge >= 0.3 is 0 Å². The van der Waals surface area contributed by atoms with E-state index in [9.17, 15) is 9.90 Å². The van der Waals surface area contributed by atoms with Gasteiger partial charge in [0.15, 0.2) is 0 Å². The molecule has 0 atom stereocenters. The summed E-state index contributed by atoms with van der Waals surface area (Å²) in [6, 6.07) is 20.0. The highest BCUT2D eigenvalue weighted by molar-refractivity contribution is 6.05. The Morgan fingerprint density at radius 2 is 1.66 bits per heavy atom. The first-order valence-corrected chi connectivity index (χ1v) is 9.28. The monoisotopic (exact) mass is 387 g/mol. The van der Waals surface area contributed by atoms with Crippen molar-refractivity contribution in [1.82, 2.24) is 0 Å². The number of phenolic OH excluding ortho intramolecular Hbond substituents is 1. The van der Waals surface area contributed by atoms with Gasteiger partial charge in [-0.05, 0) is 72.6 Å². The highest BCUT2D eigenvalue weighted by Crippen LogP contribution is 2.25. The van der Waals surface area contributed by atoms with E-state index in [4.69, 9.17) is 0 Å². The molecule has 0 radical (unpaired) electrons. The molecule has 5 heteroatoms. The molecule has 0 fully saturated rings. The van der Waals surface area contributed by atoms with Gasteiger partial charge in [0.2, 0.25) is 0 Å². The summed E-state index contributed by atoms with van der Waals surface area (Å²) in [7, 11) is 3.88. The Morgan fingerprint density at radius 1 is 0.931 bits per heavy atom. The zero-order chi connectivity index (χ0) is 21.0. The molecule has 3 rings (SSSR count). The number of nitrogens with zero attached hydrogens (tertiary/aromatic N) is 1. The van der Waals surface area contributed by atoms with Crippen LogP contribution in [0.15, 0.2) is 73.3 Å². The fourth-order valence-electron chi connectivity index (χ4n) is 2.86. The molecule has 0 saturated heterocycles. The second kappa shape index (κ2) is 8.52. The maximum absolute atomic E-state index is 12.7. The molecule has 0 saturated carbocycles. The number of anilines is 3. The van der Waals surface area contributed by atoms with Crippen LogP contribution >= 0.6 is 0 Å². The second-order valence-corrected chi connectivity index (χ2v) is 7.08. The molecule has 0 aliphatic rings. The minimum Gasteiger partial charge on any atom is -0.508 e. The van der Waals surface area contributed by atoms with Gasteiger partial charge < -0.3 is 20.6 Å². The van der Waals surface area contributed by atoms with Gasteiger partial charge in [0, 0.05) is 42.4 Å². The van der Waals surface area contributed by atoms with Crippen molar-refractivity contribution in [1.29, 1.82) is 0 Å². The average Bonchev–Trinajstić information content (AvgIpc) is 2.71. The van der Waals surface area contributed by atoms with Gasteiger partial charge in [-0.25, -0.2) is 0 Å². The van der Waals surface area contributed by atoms with E-state index in [-0.39, 0.29) is 11.7 Å². The van der Waals surface area contributed by atoms with Crippen molar-refractivity contribution in [3.8, 4) is 5.75 Å². The van der Waals surface area contributed by atoms with Crippen LogP contribution in [0.3, 0.4) is 0 Å². The molecule has 148 valence electrons. The lowest BCUT2D eigenvalue weighted by atomic mass is 10.1. The predicted molar refractivity (Wildman–Crippen MR) is 121 cm³/mol. The molecule has 1 amide bonds. The molecule has 3 aromatic rings. The summed E-state index contributed by atoms with van der Waals surface area (Å²) in [6.45, 7) is 6.06. The van der Waals surface area contributed by atoms with E-state index in [1.807, 2.05) is 62.3 Å². The second-order valence-electron chi connectivity index (χ2n) is 7.08. The maximum Gasteiger partial charge on any atom is 0.255 e. The molecule has 0 heterocycles. The summed E-state index contributed by atoms with van der Waals surface area (Å²) < 4.78 is 0. The molecular formula is C24H25N3O2. The molecular weight excluding hydrogens is 362 g/mol. The first-order valence-electron chi connectivity index (χ1n) is 9.28. The fraction of sp³-hybridized carbons (Fsp3) is 0.125. The maximum atomic E-state index is 12.7. The summed E-state index contributed by atoms with van der Waals surface area (Å²) in [4.78, 5) is 14.6. The number of hydrogen-bond acceptors (Lipinski definition) is 4. The normalized spacial score (nSPS) is 10.3. The lowest BCUT2D eigenvalue weighted by molar-refractivity contribution is 0.102. The third-order valence-corrected chi connectivity index (χ3v) is 4.62. The summed E-state index contributed by atoms with van der Waals surface area (Å²) in [6.07, 6.45) is 0. The number of benzene rings is 3. The number of aryl methyl sites for hydroxylation is 1. The van der Waals surface area contributed by atoms with Crippen LogP contribution in [-0.4, -0.2) is 25.1 Å². The average molecular weight is 387 g/mol. The quantitative estimate of drug-likeness (QED) is 0.550. The molecule has 5 nitrogen and oxygen atoms in total. The zero-order valence-electron chi connectivity index (χ0n) is 16.9. The van der Waals surface area contributed by atoms with E-state index in [1.54, 1.807) is 30.3 Å². The number of aromatic hydroxyl groups is 1. The summed E-state index contributed by atoms with van der Waals surface area (Å²) in [5.74, 6) is 0.0432. The van der Waals surface area contributed by atoms with Crippen LogP contribution in [-0.2, 0) is 0 Å². The molecule has 29 heavy (non-hydrogen) atoms. The van der Waals surface area contributed by atoms with E-state index in [1.165, 1.54) is 0 Å². The molecule has 0 bridgehead atoms. The Morgan fingerprint density at radius 3 is 2.34 bits per heavy atom. The van der Waals surface area contributed by atoms with Crippen LogP contribution in [0.2, 0.25) is 0 Å². The van der Waals surface area contributed by atoms with Crippen LogP contribution in [0.4, 0.5) is 17.1 Å². The van der Waals surface area contributed by atoms with Gasteiger partial charge in [-0.15, -0.1) is 0 Å². The molecule has 0 spiro atoms. The Labute approximate surface area is 171 Å².